The number of nitrogens with two attached hydrogens (primary N) is 1. The zero-order valence-corrected chi connectivity index (χ0v) is 21.2. The van der Waals surface area contributed by atoms with E-state index in [1.165, 1.54) is 0 Å². The number of nitrogens with zero attached hydrogens (tertiary/aromatic N) is 1. The zero-order chi connectivity index (χ0) is 26.3. The van der Waals surface area contributed by atoms with Gasteiger partial charge in [0.15, 0.2) is 0 Å². The summed E-state index contributed by atoms with van der Waals surface area (Å²) >= 11 is 0. The molecule has 0 aliphatic heterocycles. The van der Waals surface area contributed by atoms with Gasteiger partial charge in [0.05, 0.1) is 0 Å². The quantitative estimate of drug-likeness (QED) is 0.206. The average Bonchev–Trinajstić information content (AvgIpc) is 2.91. The van der Waals surface area contributed by atoms with Crippen LogP contribution in [-0.4, -0.2) is 43.8 Å². The highest BCUT2D eigenvalue weighted by atomic mass is 19.1. The number of rotatable bonds is 13. The van der Waals surface area contributed by atoms with Gasteiger partial charge in [0, 0.05) is 69.3 Å². The number of aliphatic hydroxyl groups is 2. The van der Waals surface area contributed by atoms with Crippen LogP contribution in [0.2, 0.25) is 0 Å². The van der Waals surface area contributed by atoms with Gasteiger partial charge in [-0.25, -0.2) is 4.39 Å². The highest BCUT2D eigenvalue weighted by molar-refractivity contribution is 5.75. The third-order valence-electron chi connectivity index (χ3n) is 5.96. The molecule has 0 atom stereocenters. The van der Waals surface area contributed by atoms with Gasteiger partial charge in [0.25, 0.3) is 0 Å². The number of halogens is 1. The second kappa shape index (κ2) is 15.7. The summed E-state index contributed by atoms with van der Waals surface area (Å²) in [6.45, 7) is 1.73. The van der Waals surface area contributed by atoms with Crippen molar-refractivity contribution in [2.75, 3.05) is 37.5 Å². The molecule has 0 amide bonds. The van der Waals surface area contributed by atoms with Gasteiger partial charge < -0.3 is 31.0 Å². The lowest BCUT2D eigenvalue weighted by atomic mass is 10.00. The molecule has 0 aliphatic carbocycles. The minimum absolute atomic E-state index is 0.142. The molecule has 0 aromatic heterocycles. The molecule has 0 unspecified atom stereocenters. The van der Waals surface area contributed by atoms with Gasteiger partial charge in [-0.3, -0.25) is 0 Å². The van der Waals surface area contributed by atoms with Gasteiger partial charge in [-0.1, -0.05) is 42.5 Å². The molecule has 0 bridgehead atoms. The normalized spacial score (nSPS) is 10.4. The molecule has 0 heterocycles. The van der Waals surface area contributed by atoms with E-state index in [2.05, 4.69) is 16.3 Å². The Kier molecular flexibility index (Phi) is 12.6. The fraction of sp³-hybridized carbons (Fsp3) is 0.345. The van der Waals surface area contributed by atoms with Crippen LogP contribution in [0, 0.1) is 5.82 Å². The van der Waals surface area contributed by atoms with Crippen molar-refractivity contribution in [3.05, 3.63) is 83.2 Å². The third-order valence-corrected chi connectivity index (χ3v) is 5.96. The molecule has 3 aromatic carbocycles. The minimum Gasteiger partial charge on any atom is -0.400 e. The molecule has 0 saturated heterocycles. The molecular weight excluding hydrogens is 457 g/mol. The van der Waals surface area contributed by atoms with Crippen molar-refractivity contribution in [1.82, 2.24) is 0 Å². The van der Waals surface area contributed by atoms with E-state index in [1.54, 1.807) is 12.1 Å². The van der Waals surface area contributed by atoms with E-state index in [0.717, 1.165) is 67.3 Å². The van der Waals surface area contributed by atoms with Crippen molar-refractivity contribution >= 4 is 17.7 Å². The fourth-order valence-corrected chi connectivity index (χ4v) is 4.04. The number of carbonyl (C=O) groups is 1. The van der Waals surface area contributed by atoms with E-state index in [-0.39, 0.29) is 19.0 Å². The van der Waals surface area contributed by atoms with Gasteiger partial charge in [0.1, 0.15) is 12.1 Å². The number of carbonyl (C=O) groups excluding carboxylic acids is 1. The molecule has 36 heavy (non-hydrogen) atoms. The van der Waals surface area contributed by atoms with Crippen molar-refractivity contribution in [1.29, 1.82) is 0 Å². The Morgan fingerprint density at radius 3 is 2.39 bits per heavy atom. The van der Waals surface area contributed by atoms with Crippen molar-refractivity contribution in [2.24, 2.45) is 5.73 Å². The Bertz CT molecular complexity index is 1090. The van der Waals surface area contributed by atoms with Crippen LogP contribution >= 0.6 is 0 Å². The van der Waals surface area contributed by atoms with E-state index in [1.807, 2.05) is 49.5 Å². The molecule has 3 aromatic rings. The lowest BCUT2D eigenvalue weighted by Gasteiger charge is -2.23. The first-order valence-corrected chi connectivity index (χ1v) is 12.2. The number of unbranched alkanes of at least 4 members (excludes halogenated alkanes) is 2. The first-order valence-electron chi connectivity index (χ1n) is 12.2. The summed E-state index contributed by atoms with van der Waals surface area (Å²) in [7, 11) is 2.99. The van der Waals surface area contributed by atoms with Crippen molar-refractivity contribution in [3.63, 3.8) is 0 Å². The number of aliphatic hydroxyl groups excluding tert-OH is 2. The number of nitrogens with one attached hydrogen (secondary N) is 1. The molecule has 194 valence electrons. The second-order valence-electron chi connectivity index (χ2n) is 8.46. The monoisotopic (exact) mass is 495 g/mol. The van der Waals surface area contributed by atoms with Crippen LogP contribution in [-0.2, 0) is 24.3 Å². The molecule has 0 spiro atoms. The number of benzene rings is 3. The van der Waals surface area contributed by atoms with Gasteiger partial charge in [-0.15, -0.1) is 0 Å². The lowest BCUT2D eigenvalue weighted by molar-refractivity contribution is -0.107. The Balaban J connectivity index is 0.00000222. The third kappa shape index (κ3) is 8.16. The standard InChI is InChI=1S/C28H34FN3O2.CH4O/c1-32(20-23-9-4-3-8-21(23)12-15-34)26-17-24(27-11-7-10-22(19-30)28(27)29)16-25(18-26)31-13-5-2-6-14-33;1-2/h3-4,7-11,15-18,31,33H,2,5-6,12-14,19-20,30H2,1H3;2H,1H3. The highest BCUT2D eigenvalue weighted by Gasteiger charge is 2.14. The topological polar surface area (TPSA) is 98.8 Å². The lowest BCUT2D eigenvalue weighted by Crippen LogP contribution is -2.18. The molecule has 7 heteroatoms. The van der Waals surface area contributed by atoms with Crippen molar-refractivity contribution < 1.29 is 19.4 Å². The first kappa shape index (κ1) is 29.0. The number of hydrogen-bond acceptors (Lipinski definition) is 6. The zero-order valence-electron chi connectivity index (χ0n) is 21.2. The number of aldehydes is 1. The molecule has 6 nitrogen and oxygen atoms in total. The van der Waals surface area contributed by atoms with Crippen LogP contribution in [0.1, 0.15) is 36.0 Å². The Morgan fingerprint density at radius 1 is 0.972 bits per heavy atom. The van der Waals surface area contributed by atoms with Crippen LogP contribution < -0.4 is 16.0 Å². The molecule has 0 aliphatic rings. The fourth-order valence-electron chi connectivity index (χ4n) is 4.04. The van der Waals surface area contributed by atoms with E-state index in [9.17, 15) is 4.79 Å². The number of anilines is 2. The molecular formula is C29H38FN3O3. The molecule has 0 fully saturated rings. The van der Waals surface area contributed by atoms with Crippen LogP contribution in [0.5, 0.6) is 0 Å². The smallest absolute Gasteiger partial charge is 0.135 e. The molecule has 0 radical (unpaired) electrons. The van der Waals surface area contributed by atoms with Crippen LogP contribution in [0.25, 0.3) is 11.1 Å². The molecule has 3 rings (SSSR count). The SMILES string of the molecule is CN(Cc1ccccc1CC=O)c1cc(NCCCCCO)cc(-c2cccc(CN)c2F)c1.CO. The van der Waals surface area contributed by atoms with Gasteiger partial charge in [-0.2, -0.15) is 0 Å². The summed E-state index contributed by atoms with van der Waals surface area (Å²) in [5, 5.41) is 19.4. The maximum Gasteiger partial charge on any atom is 0.135 e. The minimum atomic E-state index is -0.296. The summed E-state index contributed by atoms with van der Waals surface area (Å²) in [5.74, 6) is -0.296. The first-order chi connectivity index (χ1) is 17.6. The second-order valence-corrected chi connectivity index (χ2v) is 8.46. The van der Waals surface area contributed by atoms with Crippen LogP contribution in [0.15, 0.2) is 60.7 Å². The summed E-state index contributed by atoms with van der Waals surface area (Å²) in [4.78, 5) is 13.2. The Labute approximate surface area is 213 Å². The van der Waals surface area contributed by atoms with E-state index < -0.39 is 0 Å². The Hall–Kier alpha value is -3.26. The predicted octanol–water partition coefficient (Wildman–Crippen LogP) is 4.51. The van der Waals surface area contributed by atoms with Gasteiger partial charge in [0.2, 0.25) is 0 Å². The highest BCUT2D eigenvalue weighted by Crippen LogP contribution is 2.32. The average molecular weight is 496 g/mol. The van der Waals surface area contributed by atoms with Crippen LogP contribution in [0.3, 0.4) is 0 Å². The summed E-state index contributed by atoms with van der Waals surface area (Å²) in [6.07, 6.45) is 3.96. The van der Waals surface area contributed by atoms with Gasteiger partial charge >= 0.3 is 0 Å². The summed E-state index contributed by atoms with van der Waals surface area (Å²) in [5.41, 5.74) is 11.4. The summed E-state index contributed by atoms with van der Waals surface area (Å²) < 4.78 is 15.1. The summed E-state index contributed by atoms with van der Waals surface area (Å²) in [6, 6.07) is 19.2. The van der Waals surface area contributed by atoms with Crippen molar-refractivity contribution in [3.8, 4) is 11.1 Å². The van der Waals surface area contributed by atoms with E-state index >= 15 is 4.39 Å². The number of hydrogen-bond donors (Lipinski definition) is 4. The molecule has 0 saturated carbocycles. The maximum atomic E-state index is 15.1. The van der Waals surface area contributed by atoms with E-state index in [0.29, 0.717) is 24.1 Å². The van der Waals surface area contributed by atoms with E-state index in [4.69, 9.17) is 15.9 Å². The Morgan fingerprint density at radius 2 is 1.69 bits per heavy atom. The van der Waals surface area contributed by atoms with Gasteiger partial charge in [-0.05, 0) is 54.2 Å². The van der Waals surface area contributed by atoms with Crippen molar-refractivity contribution in [2.45, 2.75) is 38.8 Å². The van der Waals surface area contributed by atoms with Crippen LogP contribution in [0.4, 0.5) is 15.8 Å². The maximum absolute atomic E-state index is 15.1. The predicted molar refractivity (Wildman–Crippen MR) is 146 cm³/mol. The largest absolute Gasteiger partial charge is 0.400 e. The molecule has 5 N–H and O–H groups in total.